The van der Waals surface area contributed by atoms with Gasteiger partial charge in [0.2, 0.25) is 0 Å². The topological polar surface area (TPSA) is 46.5 Å². The highest BCUT2D eigenvalue weighted by atomic mass is 16.5. The van der Waals surface area contributed by atoms with Crippen LogP contribution in [-0.4, -0.2) is 18.2 Å². The number of hydrogen-bond donors (Lipinski definition) is 1. The van der Waals surface area contributed by atoms with Gasteiger partial charge in [0.1, 0.15) is 5.75 Å². The number of rotatable bonds is 5. The van der Waals surface area contributed by atoms with Gasteiger partial charge in [-0.15, -0.1) is 0 Å². The Balaban J connectivity index is 0.000000583. The van der Waals surface area contributed by atoms with Crippen molar-refractivity contribution < 1.29 is 14.6 Å². The second-order valence-corrected chi connectivity index (χ2v) is 2.97. The Morgan fingerprint density at radius 1 is 1.27 bits per heavy atom. The quantitative estimate of drug-likeness (QED) is 0.600. The van der Waals surface area contributed by atoms with Gasteiger partial charge in [-0.2, -0.15) is 0 Å². The minimum absolute atomic E-state index is 0.250. The second kappa shape index (κ2) is 10.6. The molecule has 0 bridgehead atoms. The van der Waals surface area contributed by atoms with E-state index in [-0.39, 0.29) is 6.47 Å². The average Bonchev–Trinajstić information content (AvgIpc) is 2.27. The van der Waals surface area contributed by atoms with Gasteiger partial charge in [-0.05, 0) is 18.6 Å². The first kappa shape index (κ1) is 13.5. The molecule has 0 amide bonds. The molecule has 0 aromatic heterocycles. The SMILES string of the molecule is CCCCCOc1ccccc1.O=CO. The van der Waals surface area contributed by atoms with Crippen molar-refractivity contribution in [2.75, 3.05) is 6.61 Å². The summed E-state index contributed by atoms with van der Waals surface area (Å²) in [6.45, 7) is 2.79. The van der Waals surface area contributed by atoms with Gasteiger partial charge in [-0.3, -0.25) is 4.79 Å². The molecule has 0 aliphatic heterocycles. The van der Waals surface area contributed by atoms with Crippen LogP contribution in [0.5, 0.6) is 5.75 Å². The maximum Gasteiger partial charge on any atom is 0.290 e. The van der Waals surface area contributed by atoms with E-state index < -0.39 is 0 Å². The van der Waals surface area contributed by atoms with Crippen LogP contribution in [0.4, 0.5) is 0 Å². The van der Waals surface area contributed by atoms with Crippen molar-refractivity contribution in [2.24, 2.45) is 0 Å². The minimum Gasteiger partial charge on any atom is -0.494 e. The van der Waals surface area contributed by atoms with Gasteiger partial charge in [0.25, 0.3) is 6.47 Å². The zero-order valence-corrected chi connectivity index (χ0v) is 9.06. The number of unbranched alkanes of at least 4 members (excludes halogenated alkanes) is 2. The fraction of sp³-hybridized carbons (Fsp3) is 0.417. The maximum atomic E-state index is 8.36. The Kier molecular flexibility index (Phi) is 9.51. The van der Waals surface area contributed by atoms with Gasteiger partial charge in [-0.25, -0.2) is 0 Å². The van der Waals surface area contributed by atoms with Gasteiger partial charge in [-0.1, -0.05) is 38.0 Å². The predicted octanol–water partition coefficient (Wildman–Crippen LogP) is 2.96. The molecule has 0 saturated heterocycles. The Morgan fingerprint density at radius 3 is 2.40 bits per heavy atom. The van der Waals surface area contributed by atoms with E-state index in [9.17, 15) is 0 Å². The zero-order chi connectivity index (χ0) is 11.4. The van der Waals surface area contributed by atoms with E-state index in [0.717, 1.165) is 18.8 Å². The van der Waals surface area contributed by atoms with E-state index in [2.05, 4.69) is 6.92 Å². The van der Waals surface area contributed by atoms with Crippen LogP contribution < -0.4 is 4.74 Å². The van der Waals surface area contributed by atoms with Crippen LogP contribution in [0.15, 0.2) is 30.3 Å². The standard InChI is InChI=1S/C11H16O.CH2O2/c1-2-3-7-10-12-11-8-5-4-6-9-11;2-1-3/h4-6,8-9H,2-3,7,10H2,1H3;1H,(H,2,3). The number of ether oxygens (including phenoxy) is 1. The lowest BCUT2D eigenvalue weighted by molar-refractivity contribution is -0.122. The summed E-state index contributed by atoms with van der Waals surface area (Å²) in [7, 11) is 0. The van der Waals surface area contributed by atoms with E-state index in [1.807, 2.05) is 30.3 Å². The first-order valence-electron chi connectivity index (χ1n) is 5.10. The molecule has 0 heterocycles. The predicted molar refractivity (Wildman–Crippen MR) is 60.2 cm³/mol. The summed E-state index contributed by atoms with van der Waals surface area (Å²) in [4.78, 5) is 8.36. The van der Waals surface area contributed by atoms with Gasteiger partial charge < -0.3 is 9.84 Å². The smallest absolute Gasteiger partial charge is 0.290 e. The summed E-state index contributed by atoms with van der Waals surface area (Å²) < 4.78 is 5.51. The van der Waals surface area contributed by atoms with Gasteiger partial charge in [0.05, 0.1) is 6.61 Å². The summed E-state index contributed by atoms with van der Waals surface area (Å²) in [6.07, 6.45) is 3.66. The van der Waals surface area contributed by atoms with Crippen LogP contribution in [0.25, 0.3) is 0 Å². The maximum absolute atomic E-state index is 8.36. The molecule has 84 valence electrons. The third-order valence-corrected chi connectivity index (χ3v) is 1.76. The second-order valence-electron chi connectivity index (χ2n) is 2.97. The molecule has 3 heteroatoms. The summed E-state index contributed by atoms with van der Waals surface area (Å²) in [6, 6.07) is 9.97. The lowest BCUT2D eigenvalue weighted by Crippen LogP contribution is -1.96. The summed E-state index contributed by atoms with van der Waals surface area (Å²) in [5.41, 5.74) is 0. The number of carbonyl (C=O) groups is 1. The largest absolute Gasteiger partial charge is 0.494 e. The monoisotopic (exact) mass is 210 g/mol. The minimum atomic E-state index is -0.250. The first-order chi connectivity index (χ1) is 7.35. The van der Waals surface area contributed by atoms with Crippen molar-refractivity contribution in [3.05, 3.63) is 30.3 Å². The van der Waals surface area contributed by atoms with Crippen LogP contribution in [0.1, 0.15) is 26.2 Å². The number of para-hydroxylation sites is 1. The lowest BCUT2D eigenvalue weighted by atomic mass is 10.3. The average molecular weight is 210 g/mol. The normalized spacial score (nSPS) is 8.60. The molecule has 0 spiro atoms. The number of hydrogen-bond acceptors (Lipinski definition) is 2. The van der Waals surface area contributed by atoms with Crippen molar-refractivity contribution in [2.45, 2.75) is 26.2 Å². The Morgan fingerprint density at radius 2 is 1.87 bits per heavy atom. The third kappa shape index (κ3) is 8.81. The fourth-order valence-electron chi connectivity index (χ4n) is 1.06. The fourth-order valence-corrected chi connectivity index (χ4v) is 1.06. The van der Waals surface area contributed by atoms with E-state index in [4.69, 9.17) is 14.6 Å². The highest BCUT2D eigenvalue weighted by molar-refractivity contribution is 5.32. The number of benzene rings is 1. The molecule has 1 aromatic carbocycles. The molecule has 1 rings (SSSR count). The van der Waals surface area contributed by atoms with E-state index in [1.165, 1.54) is 12.8 Å². The highest BCUT2D eigenvalue weighted by Gasteiger charge is 1.89. The third-order valence-electron chi connectivity index (χ3n) is 1.76. The van der Waals surface area contributed by atoms with Crippen molar-refractivity contribution in [3.8, 4) is 5.75 Å². The summed E-state index contributed by atoms with van der Waals surface area (Å²) in [5, 5.41) is 6.89. The summed E-state index contributed by atoms with van der Waals surface area (Å²) in [5.74, 6) is 0.980. The Bertz CT molecular complexity index is 234. The van der Waals surface area contributed by atoms with Gasteiger partial charge in [0.15, 0.2) is 0 Å². The van der Waals surface area contributed by atoms with Crippen molar-refractivity contribution in [3.63, 3.8) is 0 Å². The van der Waals surface area contributed by atoms with E-state index in [1.54, 1.807) is 0 Å². The van der Waals surface area contributed by atoms with E-state index in [0.29, 0.717) is 0 Å². The molecule has 1 aromatic rings. The summed E-state index contributed by atoms with van der Waals surface area (Å²) >= 11 is 0. The molecule has 0 unspecified atom stereocenters. The molecule has 0 aliphatic rings. The molecule has 0 fully saturated rings. The van der Waals surface area contributed by atoms with Crippen LogP contribution in [0.3, 0.4) is 0 Å². The van der Waals surface area contributed by atoms with Gasteiger partial charge >= 0.3 is 0 Å². The molecule has 1 N–H and O–H groups in total. The molecule has 15 heavy (non-hydrogen) atoms. The molecule has 0 saturated carbocycles. The lowest BCUT2D eigenvalue weighted by Gasteiger charge is -2.04. The molecule has 0 atom stereocenters. The van der Waals surface area contributed by atoms with Crippen molar-refractivity contribution >= 4 is 6.47 Å². The van der Waals surface area contributed by atoms with Gasteiger partial charge in [0, 0.05) is 0 Å². The number of carboxylic acid groups (broad SMARTS) is 1. The van der Waals surface area contributed by atoms with Crippen LogP contribution in [0.2, 0.25) is 0 Å². The Labute approximate surface area is 90.7 Å². The molecule has 3 nitrogen and oxygen atoms in total. The molecular formula is C12H18O3. The zero-order valence-electron chi connectivity index (χ0n) is 9.06. The first-order valence-corrected chi connectivity index (χ1v) is 5.10. The van der Waals surface area contributed by atoms with Crippen LogP contribution in [-0.2, 0) is 4.79 Å². The highest BCUT2D eigenvalue weighted by Crippen LogP contribution is 2.08. The van der Waals surface area contributed by atoms with Crippen molar-refractivity contribution in [1.82, 2.24) is 0 Å². The van der Waals surface area contributed by atoms with Crippen LogP contribution in [0, 0.1) is 0 Å². The van der Waals surface area contributed by atoms with E-state index >= 15 is 0 Å². The molecule has 0 aliphatic carbocycles. The molecule has 0 radical (unpaired) electrons. The van der Waals surface area contributed by atoms with Crippen molar-refractivity contribution in [1.29, 1.82) is 0 Å². The molecular weight excluding hydrogens is 192 g/mol. The Hall–Kier alpha value is -1.51. The van der Waals surface area contributed by atoms with Crippen LogP contribution >= 0.6 is 0 Å².